The lowest BCUT2D eigenvalue weighted by Gasteiger charge is -2.37. The van der Waals surface area contributed by atoms with E-state index in [2.05, 4.69) is 21.9 Å². The number of carbonyl (C=O) groups is 1. The van der Waals surface area contributed by atoms with Crippen molar-refractivity contribution < 1.29 is 19.0 Å². The highest BCUT2D eigenvalue weighted by Gasteiger charge is 2.27. The second-order valence-electron chi connectivity index (χ2n) is 9.06. The number of fused-ring (bicyclic) bond motifs is 1. The first kappa shape index (κ1) is 21.4. The third kappa shape index (κ3) is 5.09. The van der Waals surface area contributed by atoms with Gasteiger partial charge in [-0.3, -0.25) is 9.69 Å². The van der Waals surface area contributed by atoms with Gasteiger partial charge in [0.2, 0.25) is 6.79 Å². The molecule has 1 aromatic carbocycles. The van der Waals surface area contributed by atoms with Gasteiger partial charge < -0.3 is 19.1 Å². The Morgan fingerprint density at radius 1 is 1.10 bits per heavy atom. The number of Topliss-reactive ketones (excluding diaryl/α,β-unsaturated/α-hetero) is 1. The van der Waals surface area contributed by atoms with E-state index in [1.165, 1.54) is 44.3 Å². The summed E-state index contributed by atoms with van der Waals surface area (Å²) in [5.41, 5.74) is 1.17. The first-order valence-electron chi connectivity index (χ1n) is 11.6. The van der Waals surface area contributed by atoms with Gasteiger partial charge in [-0.1, -0.05) is 18.9 Å². The monoisotopic (exact) mass is 416 g/mol. The molecule has 0 spiro atoms. The quantitative estimate of drug-likeness (QED) is 0.644. The standard InChI is InChI=1S/C24H36N2O4/c1-18(28-2)22(27)16-20-8-6-19(7-9-20)10-11-25-12-14-26(15-13-25)21-4-3-5-23-24(21)30-17-29-23/h3-5,18-20H,6-17H2,1-2H3/t18-,19?,20?/m1/s1. The maximum absolute atomic E-state index is 12.1. The van der Waals surface area contributed by atoms with Gasteiger partial charge in [-0.2, -0.15) is 0 Å². The van der Waals surface area contributed by atoms with E-state index in [0.29, 0.717) is 19.1 Å². The molecule has 2 heterocycles. The highest BCUT2D eigenvalue weighted by atomic mass is 16.7. The van der Waals surface area contributed by atoms with Crippen LogP contribution in [0, 0.1) is 11.8 Å². The van der Waals surface area contributed by atoms with Crippen LogP contribution in [0.5, 0.6) is 11.5 Å². The molecule has 166 valence electrons. The van der Waals surface area contributed by atoms with Crippen LogP contribution in [0.1, 0.15) is 45.4 Å². The number of carbonyl (C=O) groups excluding carboxylic acids is 1. The summed E-state index contributed by atoms with van der Waals surface area (Å²) < 4.78 is 16.4. The molecular weight excluding hydrogens is 380 g/mol. The minimum Gasteiger partial charge on any atom is -0.454 e. The van der Waals surface area contributed by atoms with E-state index < -0.39 is 0 Å². The largest absolute Gasteiger partial charge is 0.454 e. The number of ketones is 1. The molecule has 0 unspecified atom stereocenters. The SMILES string of the molecule is CO[C@H](C)C(=O)CC1CCC(CCN2CCN(c3cccc4c3OCO4)CC2)CC1. The molecule has 0 aromatic heterocycles. The Balaban J connectivity index is 1.16. The topological polar surface area (TPSA) is 51.2 Å². The highest BCUT2D eigenvalue weighted by Crippen LogP contribution is 2.41. The molecule has 1 aliphatic carbocycles. The Bertz CT molecular complexity index is 709. The number of hydrogen-bond donors (Lipinski definition) is 0. The van der Waals surface area contributed by atoms with E-state index in [0.717, 1.165) is 43.6 Å². The zero-order valence-corrected chi connectivity index (χ0v) is 18.5. The van der Waals surface area contributed by atoms with Gasteiger partial charge in [0.15, 0.2) is 17.3 Å². The van der Waals surface area contributed by atoms with Crippen molar-refractivity contribution >= 4 is 11.5 Å². The summed E-state index contributed by atoms with van der Waals surface area (Å²) in [6, 6.07) is 6.17. The van der Waals surface area contributed by atoms with Crippen molar-refractivity contribution in [2.75, 3.05) is 51.5 Å². The fourth-order valence-electron chi connectivity index (χ4n) is 5.05. The third-order valence-electron chi connectivity index (χ3n) is 7.21. The van der Waals surface area contributed by atoms with E-state index >= 15 is 0 Å². The fourth-order valence-corrected chi connectivity index (χ4v) is 5.05. The summed E-state index contributed by atoms with van der Waals surface area (Å²) in [6.45, 7) is 7.65. The molecule has 2 aliphatic heterocycles. The van der Waals surface area contributed by atoms with Crippen molar-refractivity contribution in [3.63, 3.8) is 0 Å². The van der Waals surface area contributed by atoms with E-state index in [1.54, 1.807) is 7.11 Å². The molecular formula is C24H36N2O4. The maximum Gasteiger partial charge on any atom is 0.231 e. The number of ether oxygens (including phenoxy) is 3. The van der Waals surface area contributed by atoms with Gasteiger partial charge in [-0.15, -0.1) is 0 Å². The molecule has 6 heteroatoms. The molecule has 30 heavy (non-hydrogen) atoms. The zero-order valence-electron chi connectivity index (χ0n) is 18.5. The Morgan fingerprint density at radius 2 is 1.83 bits per heavy atom. The molecule has 1 saturated heterocycles. The predicted octanol–water partition coefficient (Wildman–Crippen LogP) is 3.73. The van der Waals surface area contributed by atoms with Crippen LogP contribution in [0.15, 0.2) is 18.2 Å². The zero-order chi connectivity index (χ0) is 20.9. The van der Waals surface area contributed by atoms with Gasteiger partial charge in [0.05, 0.1) is 5.69 Å². The van der Waals surface area contributed by atoms with Crippen LogP contribution in [0.4, 0.5) is 5.69 Å². The Morgan fingerprint density at radius 3 is 2.57 bits per heavy atom. The summed E-state index contributed by atoms with van der Waals surface area (Å²) in [5, 5.41) is 0. The van der Waals surface area contributed by atoms with Crippen molar-refractivity contribution in [1.82, 2.24) is 4.90 Å². The van der Waals surface area contributed by atoms with Crippen LogP contribution < -0.4 is 14.4 Å². The first-order chi connectivity index (χ1) is 14.6. The highest BCUT2D eigenvalue weighted by molar-refractivity contribution is 5.82. The van der Waals surface area contributed by atoms with Crippen LogP contribution in [0.25, 0.3) is 0 Å². The molecule has 0 amide bonds. The van der Waals surface area contributed by atoms with Gasteiger partial charge in [-0.05, 0) is 56.7 Å². The van der Waals surface area contributed by atoms with Gasteiger partial charge in [-0.25, -0.2) is 0 Å². The lowest BCUT2D eigenvalue weighted by atomic mass is 9.78. The number of methoxy groups -OCH3 is 1. The molecule has 3 aliphatic rings. The number of rotatable bonds is 8. The average Bonchev–Trinajstić information content (AvgIpc) is 3.27. The second kappa shape index (κ2) is 10.0. The van der Waals surface area contributed by atoms with E-state index in [9.17, 15) is 4.79 Å². The average molecular weight is 417 g/mol. The summed E-state index contributed by atoms with van der Waals surface area (Å²) in [4.78, 5) is 17.1. The molecule has 0 radical (unpaired) electrons. The fraction of sp³-hybridized carbons (Fsp3) is 0.708. The van der Waals surface area contributed by atoms with Gasteiger partial charge >= 0.3 is 0 Å². The van der Waals surface area contributed by atoms with Crippen molar-refractivity contribution in [3.8, 4) is 11.5 Å². The summed E-state index contributed by atoms with van der Waals surface area (Å²) >= 11 is 0. The smallest absolute Gasteiger partial charge is 0.231 e. The van der Waals surface area contributed by atoms with Crippen LogP contribution in [-0.4, -0.2) is 63.4 Å². The molecule has 1 saturated carbocycles. The molecule has 0 N–H and O–H groups in total. The van der Waals surface area contributed by atoms with Gasteiger partial charge in [0.1, 0.15) is 6.10 Å². The van der Waals surface area contributed by atoms with Gasteiger partial charge in [0, 0.05) is 39.7 Å². The van der Waals surface area contributed by atoms with Crippen LogP contribution >= 0.6 is 0 Å². The third-order valence-corrected chi connectivity index (χ3v) is 7.21. The van der Waals surface area contributed by atoms with Crippen molar-refractivity contribution in [1.29, 1.82) is 0 Å². The Hall–Kier alpha value is -1.79. The Kier molecular flexibility index (Phi) is 7.16. The first-order valence-corrected chi connectivity index (χ1v) is 11.6. The number of piperazine rings is 1. The lowest BCUT2D eigenvalue weighted by Crippen LogP contribution is -2.47. The van der Waals surface area contributed by atoms with E-state index in [4.69, 9.17) is 14.2 Å². The molecule has 1 atom stereocenters. The number of para-hydroxylation sites is 1. The lowest BCUT2D eigenvalue weighted by molar-refractivity contribution is -0.129. The summed E-state index contributed by atoms with van der Waals surface area (Å²) in [5.74, 6) is 3.41. The molecule has 2 fully saturated rings. The summed E-state index contributed by atoms with van der Waals surface area (Å²) in [7, 11) is 1.62. The molecule has 1 aromatic rings. The van der Waals surface area contributed by atoms with E-state index in [-0.39, 0.29) is 11.9 Å². The van der Waals surface area contributed by atoms with Gasteiger partial charge in [0.25, 0.3) is 0 Å². The van der Waals surface area contributed by atoms with Crippen molar-refractivity contribution in [2.24, 2.45) is 11.8 Å². The number of nitrogens with zero attached hydrogens (tertiary/aromatic N) is 2. The van der Waals surface area contributed by atoms with Crippen molar-refractivity contribution in [3.05, 3.63) is 18.2 Å². The Labute approximate surface area is 180 Å². The number of benzene rings is 1. The number of anilines is 1. The second-order valence-corrected chi connectivity index (χ2v) is 9.06. The number of hydrogen-bond acceptors (Lipinski definition) is 6. The minimum absolute atomic E-state index is 0.252. The molecule has 6 nitrogen and oxygen atoms in total. The van der Waals surface area contributed by atoms with Crippen molar-refractivity contribution in [2.45, 2.75) is 51.6 Å². The molecule has 0 bridgehead atoms. The predicted molar refractivity (Wildman–Crippen MR) is 117 cm³/mol. The van der Waals surface area contributed by atoms with Crippen LogP contribution in [-0.2, 0) is 9.53 Å². The summed E-state index contributed by atoms with van der Waals surface area (Å²) in [6.07, 6.45) is 6.66. The maximum atomic E-state index is 12.1. The van der Waals surface area contributed by atoms with Crippen LogP contribution in [0.2, 0.25) is 0 Å². The van der Waals surface area contributed by atoms with Crippen LogP contribution in [0.3, 0.4) is 0 Å². The van der Waals surface area contributed by atoms with E-state index in [1.807, 2.05) is 13.0 Å². The minimum atomic E-state index is -0.252. The molecule has 4 rings (SSSR count). The normalized spacial score (nSPS) is 25.3.